The van der Waals surface area contributed by atoms with Gasteiger partial charge in [-0.25, -0.2) is 4.72 Å². The summed E-state index contributed by atoms with van der Waals surface area (Å²) in [6.45, 7) is 3.66. The Hall–Kier alpha value is -2.29. The third kappa shape index (κ3) is 4.31. The first-order chi connectivity index (χ1) is 15.2. The Labute approximate surface area is 198 Å². The average molecular weight is 489 g/mol. The van der Waals surface area contributed by atoms with Crippen LogP contribution in [-0.2, 0) is 18.3 Å². The molecule has 0 radical (unpaired) electrons. The second kappa shape index (κ2) is 8.92. The van der Waals surface area contributed by atoms with Crippen LogP contribution in [0, 0.1) is 0 Å². The van der Waals surface area contributed by atoms with Crippen LogP contribution in [0.2, 0.25) is 10.0 Å². The minimum Gasteiger partial charge on any atom is -0.760 e. The van der Waals surface area contributed by atoms with Crippen molar-refractivity contribution in [1.29, 1.82) is 0 Å². The number of pyridine rings is 1. The second-order valence-corrected chi connectivity index (χ2v) is 9.29. The summed E-state index contributed by atoms with van der Waals surface area (Å²) in [6, 6.07) is 11.8. The molecule has 0 aliphatic carbocycles. The quantitative estimate of drug-likeness (QED) is 0.539. The van der Waals surface area contributed by atoms with E-state index in [9.17, 15) is 13.6 Å². The first kappa shape index (κ1) is 22.9. The Morgan fingerprint density at radius 2 is 1.81 bits per heavy atom. The van der Waals surface area contributed by atoms with E-state index in [0.717, 1.165) is 33.5 Å². The number of hydrogen-bond donors (Lipinski definition) is 1. The van der Waals surface area contributed by atoms with Crippen LogP contribution in [0.15, 0.2) is 58.4 Å². The summed E-state index contributed by atoms with van der Waals surface area (Å²) < 4.78 is 26.4. The minimum atomic E-state index is -2.45. The molecular weight excluding hydrogens is 469 g/mol. The van der Waals surface area contributed by atoms with Crippen molar-refractivity contribution >= 4 is 40.2 Å². The first-order valence-electron chi connectivity index (χ1n) is 9.89. The molecule has 0 bridgehead atoms. The molecule has 9 heteroatoms. The SMILES string of the molecule is CC1N=C(c2ccc(Cl)cc2)c2cc(Cl)c(C(C)NS(=O)[O-])cc2-c2cn(C)c(=O)cc21. The molecule has 32 heavy (non-hydrogen) atoms. The molecule has 0 saturated carbocycles. The number of aliphatic imine (C=N–C) groups is 1. The van der Waals surface area contributed by atoms with Crippen molar-refractivity contribution < 1.29 is 8.76 Å². The molecule has 1 aliphatic rings. The van der Waals surface area contributed by atoms with Crippen LogP contribution in [0.3, 0.4) is 0 Å². The Bertz CT molecular complexity index is 1320. The van der Waals surface area contributed by atoms with Gasteiger partial charge in [-0.3, -0.25) is 14.0 Å². The number of fused-ring (bicyclic) bond motifs is 3. The minimum absolute atomic E-state index is 0.131. The molecule has 6 nitrogen and oxygen atoms in total. The molecule has 1 aromatic heterocycles. The van der Waals surface area contributed by atoms with Gasteiger partial charge in [0, 0.05) is 63.4 Å². The van der Waals surface area contributed by atoms with Crippen molar-refractivity contribution in [2.45, 2.75) is 25.9 Å². The van der Waals surface area contributed by atoms with Crippen molar-refractivity contribution in [2.75, 3.05) is 0 Å². The number of rotatable bonds is 4. The highest BCUT2D eigenvalue weighted by Crippen LogP contribution is 2.40. The van der Waals surface area contributed by atoms with Crippen LogP contribution in [0.1, 0.15) is 48.2 Å². The summed E-state index contributed by atoms with van der Waals surface area (Å²) in [5, 5.41) is 1.03. The third-order valence-corrected chi connectivity index (χ3v) is 6.70. The summed E-state index contributed by atoms with van der Waals surface area (Å²) in [7, 11) is 1.69. The molecular formula is C23H20Cl2N3O3S-. The summed E-state index contributed by atoms with van der Waals surface area (Å²) in [5.41, 5.74) is 5.32. The van der Waals surface area contributed by atoms with Crippen LogP contribution in [0.5, 0.6) is 0 Å². The van der Waals surface area contributed by atoms with Gasteiger partial charge in [0.05, 0.1) is 11.8 Å². The fraction of sp³-hybridized carbons (Fsp3) is 0.217. The zero-order chi connectivity index (χ0) is 23.2. The van der Waals surface area contributed by atoms with E-state index in [1.165, 1.54) is 4.57 Å². The smallest absolute Gasteiger partial charge is 0.250 e. The number of benzene rings is 2. The number of aryl methyl sites for hydroxylation is 1. The van der Waals surface area contributed by atoms with E-state index in [4.69, 9.17) is 28.2 Å². The maximum atomic E-state index is 12.4. The Morgan fingerprint density at radius 3 is 2.47 bits per heavy atom. The van der Waals surface area contributed by atoms with Gasteiger partial charge in [-0.2, -0.15) is 0 Å². The van der Waals surface area contributed by atoms with E-state index in [2.05, 4.69) is 4.72 Å². The molecule has 1 N–H and O–H groups in total. The molecule has 3 unspecified atom stereocenters. The number of halogens is 2. The molecule has 3 atom stereocenters. The highest BCUT2D eigenvalue weighted by Gasteiger charge is 2.26. The van der Waals surface area contributed by atoms with E-state index < -0.39 is 17.3 Å². The highest BCUT2D eigenvalue weighted by molar-refractivity contribution is 7.77. The van der Waals surface area contributed by atoms with Crippen molar-refractivity contribution in [3.63, 3.8) is 0 Å². The van der Waals surface area contributed by atoms with Gasteiger partial charge < -0.3 is 9.12 Å². The van der Waals surface area contributed by atoms with Gasteiger partial charge in [-0.15, -0.1) is 0 Å². The van der Waals surface area contributed by atoms with Gasteiger partial charge in [0.2, 0.25) is 0 Å². The maximum Gasteiger partial charge on any atom is 0.250 e. The monoisotopic (exact) mass is 488 g/mol. The van der Waals surface area contributed by atoms with E-state index in [-0.39, 0.29) is 11.6 Å². The third-order valence-electron chi connectivity index (χ3n) is 5.57. The maximum absolute atomic E-state index is 12.4. The largest absolute Gasteiger partial charge is 0.760 e. The normalized spacial score (nSPS) is 17.1. The molecule has 2 aromatic carbocycles. The Morgan fingerprint density at radius 1 is 1.12 bits per heavy atom. The van der Waals surface area contributed by atoms with Crippen LogP contribution in [-0.4, -0.2) is 19.0 Å². The summed E-state index contributed by atoms with van der Waals surface area (Å²) in [6.07, 6.45) is 1.79. The molecule has 0 spiro atoms. The Balaban J connectivity index is 2.03. The van der Waals surface area contributed by atoms with Gasteiger partial charge in [-0.05, 0) is 54.8 Å². The van der Waals surface area contributed by atoms with Gasteiger partial charge in [0.15, 0.2) is 0 Å². The van der Waals surface area contributed by atoms with Crippen molar-refractivity contribution in [3.8, 4) is 11.1 Å². The number of hydrogen-bond acceptors (Lipinski definition) is 4. The summed E-state index contributed by atoms with van der Waals surface area (Å²) >= 11 is 10.3. The Kier molecular flexibility index (Phi) is 6.38. The zero-order valence-corrected chi connectivity index (χ0v) is 19.9. The first-order valence-corrected chi connectivity index (χ1v) is 11.7. The molecule has 0 amide bonds. The van der Waals surface area contributed by atoms with Crippen molar-refractivity contribution in [2.24, 2.45) is 12.0 Å². The van der Waals surface area contributed by atoms with Gasteiger partial charge >= 0.3 is 0 Å². The average Bonchev–Trinajstić information content (AvgIpc) is 2.83. The van der Waals surface area contributed by atoms with Crippen LogP contribution < -0.4 is 10.3 Å². The van der Waals surface area contributed by atoms with E-state index in [1.54, 1.807) is 44.4 Å². The molecule has 1 aliphatic heterocycles. The second-order valence-electron chi connectivity index (χ2n) is 7.75. The number of aromatic nitrogens is 1. The molecule has 0 saturated heterocycles. The van der Waals surface area contributed by atoms with Crippen molar-refractivity contribution in [3.05, 3.63) is 91.3 Å². The van der Waals surface area contributed by atoms with Gasteiger partial charge in [-0.1, -0.05) is 35.3 Å². The lowest BCUT2D eigenvalue weighted by molar-refractivity contribution is 0.512. The van der Waals surface area contributed by atoms with Crippen LogP contribution in [0.4, 0.5) is 0 Å². The van der Waals surface area contributed by atoms with E-state index >= 15 is 0 Å². The van der Waals surface area contributed by atoms with Crippen LogP contribution in [0.25, 0.3) is 11.1 Å². The lowest BCUT2D eigenvalue weighted by atomic mass is 9.90. The lowest BCUT2D eigenvalue weighted by Gasteiger charge is -2.21. The number of nitrogens with zero attached hydrogens (tertiary/aromatic N) is 2. The summed E-state index contributed by atoms with van der Waals surface area (Å²) in [4.78, 5) is 17.3. The highest BCUT2D eigenvalue weighted by atomic mass is 35.5. The van der Waals surface area contributed by atoms with Crippen LogP contribution >= 0.6 is 23.2 Å². The molecule has 2 heterocycles. The number of nitrogens with one attached hydrogen (secondary N) is 1. The fourth-order valence-electron chi connectivity index (χ4n) is 3.93. The van der Waals surface area contributed by atoms with E-state index in [0.29, 0.717) is 15.6 Å². The lowest BCUT2D eigenvalue weighted by Crippen LogP contribution is -2.21. The molecule has 166 valence electrons. The fourth-order valence-corrected chi connectivity index (χ4v) is 4.80. The summed E-state index contributed by atoms with van der Waals surface area (Å²) in [5.74, 6) is 0. The van der Waals surface area contributed by atoms with Crippen molar-refractivity contribution in [1.82, 2.24) is 9.29 Å². The standard InChI is InChI=1S/C23H21Cl2N3O3S/c1-12-16-10-22(29)28(3)11-20(16)18-8-17(13(2)27-32(30)31)21(25)9-19(18)23(26-12)14-4-6-15(24)7-5-14/h4-13,27H,1-3H3,(H,30,31)/p-1. The predicted molar refractivity (Wildman–Crippen MR) is 128 cm³/mol. The molecule has 3 aromatic rings. The van der Waals surface area contributed by atoms with Gasteiger partial charge in [0.1, 0.15) is 0 Å². The molecule has 4 rings (SSSR count). The predicted octanol–water partition coefficient (Wildman–Crippen LogP) is 4.72. The van der Waals surface area contributed by atoms with E-state index in [1.807, 2.05) is 25.1 Å². The van der Waals surface area contributed by atoms with Gasteiger partial charge in [0.25, 0.3) is 5.56 Å². The zero-order valence-electron chi connectivity index (χ0n) is 17.6. The topological polar surface area (TPSA) is 86.5 Å². The molecule has 0 fully saturated rings.